The van der Waals surface area contributed by atoms with Crippen LogP contribution in [0.5, 0.6) is 0 Å². The summed E-state index contributed by atoms with van der Waals surface area (Å²) < 4.78 is 4.21. The third kappa shape index (κ3) is 2.55. The van der Waals surface area contributed by atoms with E-state index < -0.39 is 0 Å². The van der Waals surface area contributed by atoms with Crippen LogP contribution in [-0.4, -0.2) is 34.9 Å². The van der Waals surface area contributed by atoms with Crippen molar-refractivity contribution in [3.63, 3.8) is 0 Å². The van der Waals surface area contributed by atoms with Crippen molar-refractivity contribution in [2.24, 2.45) is 7.05 Å². The van der Waals surface area contributed by atoms with Gasteiger partial charge in [-0.15, -0.1) is 5.10 Å². The lowest BCUT2D eigenvalue weighted by atomic mass is 10.2. The Kier molecular flexibility index (Phi) is 3.34. The lowest BCUT2D eigenvalue weighted by Gasteiger charge is -2.04. The van der Waals surface area contributed by atoms with Gasteiger partial charge in [-0.25, -0.2) is 14.5 Å². The maximum absolute atomic E-state index is 12.3. The number of fused-ring (bicyclic) bond motifs is 2. The molecule has 0 bridgehead atoms. The number of aryl methyl sites for hydroxylation is 2. The molecule has 9 nitrogen and oxygen atoms in total. The first-order valence-corrected chi connectivity index (χ1v) is 7.66. The predicted octanol–water partition coefficient (Wildman–Crippen LogP) is 0.725. The lowest BCUT2D eigenvalue weighted by Crippen LogP contribution is -2.28. The summed E-state index contributed by atoms with van der Waals surface area (Å²) in [6, 6.07) is 7.04. The number of nitrogens with zero attached hydrogens (tertiary/aromatic N) is 6. The second-order valence-electron chi connectivity index (χ2n) is 5.72. The van der Waals surface area contributed by atoms with E-state index >= 15 is 0 Å². The number of amides is 1. The zero-order valence-electron chi connectivity index (χ0n) is 13.7. The van der Waals surface area contributed by atoms with Crippen molar-refractivity contribution in [2.75, 3.05) is 5.32 Å². The van der Waals surface area contributed by atoms with Crippen molar-refractivity contribution >= 4 is 28.3 Å². The molecule has 0 radical (unpaired) electrons. The minimum atomic E-state index is -0.359. The maximum atomic E-state index is 12.3. The minimum Gasteiger partial charge on any atom is -0.323 e. The molecule has 0 aliphatic carbocycles. The SMILES string of the molecule is Cc1nn(C)c2ncc(NC(=O)Cn3nc4ccccn4c3=O)cc12. The fourth-order valence-electron chi connectivity index (χ4n) is 2.78. The van der Waals surface area contributed by atoms with Crippen LogP contribution in [0.1, 0.15) is 5.69 Å². The van der Waals surface area contributed by atoms with E-state index in [2.05, 4.69) is 20.5 Å². The largest absolute Gasteiger partial charge is 0.350 e. The molecule has 0 aliphatic rings. The molecule has 1 N–H and O–H groups in total. The Morgan fingerprint density at radius 2 is 2.12 bits per heavy atom. The fraction of sp³-hybridized carbons (Fsp3) is 0.188. The van der Waals surface area contributed by atoms with Gasteiger partial charge in [-0.2, -0.15) is 5.10 Å². The van der Waals surface area contributed by atoms with Crippen molar-refractivity contribution in [1.29, 1.82) is 0 Å². The molecule has 4 heterocycles. The summed E-state index contributed by atoms with van der Waals surface area (Å²) in [6.07, 6.45) is 3.18. The fourth-order valence-corrected chi connectivity index (χ4v) is 2.78. The first-order chi connectivity index (χ1) is 12.0. The maximum Gasteiger partial charge on any atom is 0.350 e. The number of pyridine rings is 2. The number of hydrogen-bond donors (Lipinski definition) is 1. The number of anilines is 1. The van der Waals surface area contributed by atoms with Crippen LogP contribution in [0.15, 0.2) is 41.5 Å². The van der Waals surface area contributed by atoms with Gasteiger partial charge in [0.15, 0.2) is 11.3 Å². The Balaban J connectivity index is 1.58. The second-order valence-corrected chi connectivity index (χ2v) is 5.72. The van der Waals surface area contributed by atoms with Crippen LogP contribution < -0.4 is 11.0 Å². The summed E-state index contributed by atoms with van der Waals surface area (Å²) in [7, 11) is 1.82. The minimum absolute atomic E-state index is 0.176. The van der Waals surface area contributed by atoms with Crippen LogP contribution in [-0.2, 0) is 18.4 Å². The molecule has 0 saturated heterocycles. The average molecular weight is 337 g/mol. The van der Waals surface area contributed by atoms with Crippen LogP contribution in [0.4, 0.5) is 5.69 Å². The summed E-state index contributed by atoms with van der Waals surface area (Å²) in [5.41, 5.74) is 2.26. The molecule has 0 atom stereocenters. The number of rotatable bonds is 3. The summed E-state index contributed by atoms with van der Waals surface area (Å²) >= 11 is 0. The van der Waals surface area contributed by atoms with Crippen LogP contribution in [0.3, 0.4) is 0 Å². The Labute approximate surface area is 141 Å². The Morgan fingerprint density at radius 3 is 2.92 bits per heavy atom. The zero-order chi connectivity index (χ0) is 17.6. The van der Waals surface area contributed by atoms with Crippen LogP contribution in [0.2, 0.25) is 0 Å². The van der Waals surface area contributed by atoms with Crippen molar-refractivity contribution in [3.8, 4) is 0 Å². The normalized spacial score (nSPS) is 11.3. The van der Waals surface area contributed by atoms with Crippen molar-refractivity contribution < 1.29 is 4.79 Å². The third-order valence-electron chi connectivity index (χ3n) is 3.93. The molecule has 0 saturated carbocycles. The van der Waals surface area contributed by atoms with Gasteiger partial charge in [0.05, 0.1) is 17.6 Å². The molecule has 0 spiro atoms. The topological polar surface area (TPSA) is 99.1 Å². The molecule has 0 aromatic carbocycles. The zero-order valence-corrected chi connectivity index (χ0v) is 13.7. The van der Waals surface area contributed by atoms with Crippen LogP contribution >= 0.6 is 0 Å². The highest BCUT2D eigenvalue weighted by atomic mass is 16.2. The van der Waals surface area contributed by atoms with Crippen molar-refractivity contribution in [3.05, 3.63) is 52.8 Å². The second kappa shape index (κ2) is 5.55. The van der Waals surface area contributed by atoms with Gasteiger partial charge in [0, 0.05) is 18.6 Å². The molecule has 9 heteroatoms. The van der Waals surface area contributed by atoms with Gasteiger partial charge in [0.2, 0.25) is 5.91 Å². The number of carbonyl (C=O) groups is 1. The number of aromatic nitrogens is 6. The summed E-state index contributed by atoms with van der Waals surface area (Å²) in [5, 5.41) is 12.0. The molecule has 0 unspecified atom stereocenters. The van der Waals surface area contributed by atoms with Crippen LogP contribution in [0.25, 0.3) is 16.7 Å². The Morgan fingerprint density at radius 1 is 1.28 bits per heavy atom. The van der Waals surface area contributed by atoms with E-state index in [0.717, 1.165) is 21.4 Å². The van der Waals surface area contributed by atoms with Gasteiger partial charge >= 0.3 is 5.69 Å². The van der Waals surface area contributed by atoms with Gasteiger partial charge in [0.25, 0.3) is 0 Å². The van der Waals surface area contributed by atoms with E-state index in [0.29, 0.717) is 11.3 Å². The van der Waals surface area contributed by atoms with E-state index in [9.17, 15) is 9.59 Å². The average Bonchev–Trinajstić information content (AvgIpc) is 3.05. The summed E-state index contributed by atoms with van der Waals surface area (Å²) in [4.78, 5) is 28.8. The van der Waals surface area contributed by atoms with Crippen molar-refractivity contribution in [2.45, 2.75) is 13.5 Å². The molecule has 4 aromatic rings. The first-order valence-electron chi connectivity index (χ1n) is 7.66. The highest BCUT2D eigenvalue weighted by Crippen LogP contribution is 2.19. The van der Waals surface area contributed by atoms with Gasteiger partial charge in [-0.1, -0.05) is 6.07 Å². The van der Waals surface area contributed by atoms with E-state index in [1.165, 1.54) is 4.40 Å². The van der Waals surface area contributed by atoms with Crippen molar-refractivity contribution in [1.82, 2.24) is 28.9 Å². The van der Waals surface area contributed by atoms with E-state index in [-0.39, 0.29) is 18.1 Å². The highest BCUT2D eigenvalue weighted by molar-refractivity contribution is 5.92. The van der Waals surface area contributed by atoms with Gasteiger partial charge < -0.3 is 5.32 Å². The molecule has 1 amide bonds. The van der Waals surface area contributed by atoms with Gasteiger partial charge in [-0.05, 0) is 25.1 Å². The number of carbonyl (C=O) groups excluding carboxylic acids is 1. The number of hydrogen-bond acceptors (Lipinski definition) is 5. The quantitative estimate of drug-likeness (QED) is 0.594. The molecule has 4 aromatic heterocycles. The standard InChI is InChI=1S/C16H15N7O2/c1-10-12-7-11(8-17-15(12)21(2)19-10)18-14(24)9-23-16(25)22-6-4-3-5-13(22)20-23/h3-8H,9H2,1-2H3,(H,18,24). The molecule has 25 heavy (non-hydrogen) atoms. The lowest BCUT2D eigenvalue weighted by molar-refractivity contribution is -0.117. The highest BCUT2D eigenvalue weighted by Gasteiger charge is 2.12. The molecular weight excluding hydrogens is 322 g/mol. The van der Waals surface area contributed by atoms with E-state index in [1.54, 1.807) is 35.3 Å². The van der Waals surface area contributed by atoms with E-state index in [1.807, 2.05) is 20.0 Å². The molecule has 0 fully saturated rings. The Hall–Kier alpha value is -3.49. The predicted molar refractivity (Wildman–Crippen MR) is 91.3 cm³/mol. The summed E-state index contributed by atoms with van der Waals surface area (Å²) in [6.45, 7) is 1.70. The molecule has 4 rings (SSSR count). The third-order valence-corrected chi connectivity index (χ3v) is 3.93. The van der Waals surface area contributed by atoms with Gasteiger partial charge in [-0.3, -0.25) is 13.9 Å². The smallest absolute Gasteiger partial charge is 0.323 e. The van der Waals surface area contributed by atoms with Crippen LogP contribution in [0, 0.1) is 6.92 Å². The van der Waals surface area contributed by atoms with Gasteiger partial charge in [0.1, 0.15) is 6.54 Å². The Bertz CT molecular complexity index is 1170. The summed E-state index contributed by atoms with van der Waals surface area (Å²) in [5.74, 6) is -0.354. The molecular formula is C16H15N7O2. The van der Waals surface area contributed by atoms with E-state index in [4.69, 9.17) is 0 Å². The molecule has 126 valence electrons. The number of nitrogens with one attached hydrogen (secondary N) is 1. The molecule has 0 aliphatic heterocycles. The first kappa shape index (κ1) is 15.1. The monoisotopic (exact) mass is 337 g/mol.